The van der Waals surface area contributed by atoms with Gasteiger partial charge in [-0.25, -0.2) is 4.98 Å². The largest absolute Gasteiger partial charge is 0.390 e. The number of aliphatic hydroxyl groups is 1. The fourth-order valence-electron chi connectivity index (χ4n) is 3.92. The Morgan fingerprint density at radius 3 is 3.08 bits per heavy atom. The molecule has 0 unspecified atom stereocenters. The van der Waals surface area contributed by atoms with Gasteiger partial charge in [0.25, 0.3) is 5.91 Å². The molecule has 0 bridgehead atoms. The van der Waals surface area contributed by atoms with Crippen molar-refractivity contribution in [3.8, 4) is 0 Å². The summed E-state index contributed by atoms with van der Waals surface area (Å²) in [5.74, 6) is -0.169. The SMILES string of the molecule is Cc1nc(CN2CC[C@@H](NC(=O)c3n[nH]c4c3CCCC4)[C@H](O)C2)cs1. The van der Waals surface area contributed by atoms with E-state index in [1.54, 1.807) is 11.3 Å². The Morgan fingerprint density at radius 2 is 2.31 bits per heavy atom. The van der Waals surface area contributed by atoms with E-state index in [1.807, 2.05) is 6.92 Å². The lowest BCUT2D eigenvalue weighted by atomic mass is 9.95. The maximum Gasteiger partial charge on any atom is 0.272 e. The van der Waals surface area contributed by atoms with Crippen molar-refractivity contribution >= 4 is 17.2 Å². The Bertz CT molecular complexity index is 786. The second kappa shape index (κ2) is 7.46. The van der Waals surface area contributed by atoms with Crippen LogP contribution in [0.5, 0.6) is 0 Å². The number of aromatic nitrogens is 3. The molecule has 140 valence electrons. The predicted octanol–water partition coefficient (Wildman–Crippen LogP) is 1.42. The molecule has 0 aromatic carbocycles. The molecule has 1 saturated heterocycles. The zero-order valence-electron chi connectivity index (χ0n) is 15.0. The van der Waals surface area contributed by atoms with Crippen molar-refractivity contribution in [2.45, 2.75) is 57.7 Å². The van der Waals surface area contributed by atoms with E-state index in [9.17, 15) is 9.90 Å². The van der Waals surface area contributed by atoms with Crippen molar-refractivity contribution in [3.63, 3.8) is 0 Å². The second-order valence-electron chi connectivity index (χ2n) is 7.27. The lowest BCUT2D eigenvalue weighted by Gasteiger charge is -2.35. The van der Waals surface area contributed by atoms with Crippen molar-refractivity contribution in [3.05, 3.63) is 33.0 Å². The molecule has 0 spiro atoms. The Kier molecular flexibility index (Phi) is 5.06. The molecular weight excluding hydrogens is 350 g/mol. The van der Waals surface area contributed by atoms with Crippen LogP contribution in [0.1, 0.15) is 51.7 Å². The summed E-state index contributed by atoms with van der Waals surface area (Å²) in [5.41, 5.74) is 3.70. The molecule has 1 aliphatic carbocycles. The number of β-amino-alcohol motifs (C(OH)–C–C–N with tert-alkyl or cyclic N) is 1. The van der Waals surface area contributed by atoms with E-state index in [4.69, 9.17) is 0 Å². The highest BCUT2D eigenvalue weighted by molar-refractivity contribution is 7.09. The molecule has 4 rings (SSSR count). The number of aryl methyl sites for hydroxylation is 2. The Labute approximate surface area is 156 Å². The monoisotopic (exact) mass is 375 g/mol. The number of thiazole rings is 1. The highest BCUT2D eigenvalue weighted by Crippen LogP contribution is 2.23. The van der Waals surface area contributed by atoms with Gasteiger partial charge in [0.1, 0.15) is 0 Å². The molecule has 0 radical (unpaired) electrons. The van der Waals surface area contributed by atoms with Gasteiger partial charge < -0.3 is 10.4 Å². The predicted molar refractivity (Wildman–Crippen MR) is 99.2 cm³/mol. The highest BCUT2D eigenvalue weighted by Gasteiger charge is 2.31. The van der Waals surface area contributed by atoms with E-state index >= 15 is 0 Å². The first-order valence-corrected chi connectivity index (χ1v) is 10.2. The van der Waals surface area contributed by atoms with Crippen LogP contribution in [0.25, 0.3) is 0 Å². The third-order valence-electron chi connectivity index (χ3n) is 5.31. The van der Waals surface area contributed by atoms with Crippen LogP contribution in [-0.4, -0.2) is 56.3 Å². The van der Waals surface area contributed by atoms with E-state index in [0.29, 0.717) is 12.2 Å². The summed E-state index contributed by atoms with van der Waals surface area (Å²) >= 11 is 1.65. The number of H-pyrrole nitrogens is 1. The number of likely N-dealkylation sites (tertiary alicyclic amines) is 1. The van der Waals surface area contributed by atoms with Crippen LogP contribution in [0.4, 0.5) is 0 Å². The van der Waals surface area contributed by atoms with E-state index in [0.717, 1.165) is 67.2 Å². The molecular formula is C18H25N5O2S. The molecule has 3 heterocycles. The van der Waals surface area contributed by atoms with Crippen LogP contribution in [0.2, 0.25) is 0 Å². The fourth-order valence-corrected chi connectivity index (χ4v) is 4.53. The van der Waals surface area contributed by atoms with Crippen molar-refractivity contribution < 1.29 is 9.90 Å². The van der Waals surface area contributed by atoms with Crippen LogP contribution < -0.4 is 5.32 Å². The normalized spacial score (nSPS) is 23.6. The lowest BCUT2D eigenvalue weighted by Crippen LogP contribution is -2.53. The van der Waals surface area contributed by atoms with Gasteiger partial charge in [-0.2, -0.15) is 5.10 Å². The van der Waals surface area contributed by atoms with Gasteiger partial charge in [-0.3, -0.25) is 14.8 Å². The minimum atomic E-state index is -0.581. The summed E-state index contributed by atoms with van der Waals surface area (Å²) in [6, 6.07) is -0.230. The summed E-state index contributed by atoms with van der Waals surface area (Å²) in [4.78, 5) is 19.3. The maximum atomic E-state index is 12.6. The third-order valence-corrected chi connectivity index (χ3v) is 6.13. The van der Waals surface area contributed by atoms with Gasteiger partial charge in [0.15, 0.2) is 5.69 Å². The van der Waals surface area contributed by atoms with Gasteiger partial charge in [0.2, 0.25) is 0 Å². The summed E-state index contributed by atoms with van der Waals surface area (Å²) < 4.78 is 0. The van der Waals surface area contributed by atoms with Gasteiger partial charge in [-0.15, -0.1) is 11.3 Å². The second-order valence-corrected chi connectivity index (χ2v) is 8.33. The van der Waals surface area contributed by atoms with E-state index in [1.165, 1.54) is 0 Å². The van der Waals surface area contributed by atoms with Gasteiger partial charge in [0.05, 0.1) is 22.8 Å². The number of carbonyl (C=O) groups is 1. The van der Waals surface area contributed by atoms with Crippen LogP contribution >= 0.6 is 11.3 Å². The Hall–Kier alpha value is -1.77. The first kappa shape index (κ1) is 17.6. The zero-order chi connectivity index (χ0) is 18.1. The highest BCUT2D eigenvalue weighted by atomic mass is 32.1. The van der Waals surface area contributed by atoms with E-state index in [-0.39, 0.29) is 11.9 Å². The van der Waals surface area contributed by atoms with Crippen molar-refractivity contribution in [1.29, 1.82) is 0 Å². The molecule has 3 N–H and O–H groups in total. The van der Waals surface area contributed by atoms with Crippen molar-refractivity contribution in [2.75, 3.05) is 13.1 Å². The molecule has 2 aliphatic rings. The number of hydrogen-bond donors (Lipinski definition) is 3. The number of fused-ring (bicyclic) bond motifs is 1. The number of nitrogens with zero attached hydrogens (tertiary/aromatic N) is 3. The fraction of sp³-hybridized carbons (Fsp3) is 0.611. The smallest absolute Gasteiger partial charge is 0.272 e. The number of aromatic amines is 1. The molecule has 1 amide bonds. The van der Waals surface area contributed by atoms with Crippen molar-refractivity contribution in [1.82, 2.24) is 25.4 Å². The van der Waals surface area contributed by atoms with Crippen molar-refractivity contribution in [2.24, 2.45) is 0 Å². The average molecular weight is 375 g/mol. The minimum Gasteiger partial charge on any atom is -0.390 e. The molecule has 1 aliphatic heterocycles. The number of hydrogen-bond acceptors (Lipinski definition) is 6. The van der Waals surface area contributed by atoms with Gasteiger partial charge in [-0.05, 0) is 39.0 Å². The molecule has 7 nitrogen and oxygen atoms in total. The maximum absolute atomic E-state index is 12.6. The van der Waals surface area contributed by atoms with Crippen LogP contribution in [-0.2, 0) is 19.4 Å². The molecule has 8 heteroatoms. The number of aliphatic hydroxyl groups excluding tert-OH is 1. The molecule has 2 atom stereocenters. The molecule has 26 heavy (non-hydrogen) atoms. The third kappa shape index (κ3) is 3.67. The van der Waals surface area contributed by atoms with Crippen LogP contribution in [0, 0.1) is 6.92 Å². The van der Waals surface area contributed by atoms with Gasteiger partial charge >= 0.3 is 0 Å². The first-order valence-electron chi connectivity index (χ1n) is 9.28. The zero-order valence-corrected chi connectivity index (χ0v) is 15.8. The molecule has 1 fully saturated rings. The first-order chi connectivity index (χ1) is 12.6. The topological polar surface area (TPSA) is 94.1 Å². The summed E-state index contributed by atoms with van der Waals surface area (Å²) in [7, 11) is 0. The minimum absolute atomic E-state index is 0.169. The summed E-state index contributed by atoms with van der Waals surface area (Å²) in [6.45, 7) is 4.12. The van der Waals surface area contributed by atoms with E-state index in [2.05, 4.69) is 30.8 Å². The lowest BCUT2D eigenvalue weighted by molar-refractivity contribution is 0.0344. The number of carbonyl (C=O) groups excluding carboxylic acids is 1. The van der Waals surface area contributed by atoms with Gasteiger partial charge in [0, 0.05) is 36.3 Å². The summed E-state index contributed by atoms with van der Waals surface area (Å²) in [5, 5.41) is 23.9. The van der Waals surface area contributed by atoms with E-state index < -0.39 is 6.10 Å². The average Bonchev–Trinajstić information content (AvgIpc) is 3.23. The number of amides is 1. The quantitative estimate of drug-likeness (QED) is 0.751. The van der Waals surface area contributed by atoms with Crippen LogP contribution in [0.3, 0.4) is 0 Å². The Balaban J connectivity index is 1.34. The standard InChI is InChI=1S/C18H25N5O2S/c1-11-19-12(10-26-11)8-23-7-6-15(16(24)9-23)20-18(25)17-13-4-2-3-5-14(13)21-22-17/h10,15-16,24H,2-9H2,1H3,(H,20,25)(H,21,22)/t15-,16-/m1/s1. The number of piperidine rings is 1. The molecule has 2 aromatic rings. The summed E-state index contributed by atoms with van der Waals surface area (Å²) in [6.07, 6.45) is 4.26. The number of rotatable bonds is 4. The molecule has 0 saturated carbocycles. The Morgan fingerprint density at radius 1 is 1.46 bits per heavy atom. The number of nitrogens with one attached hydrogen (secondary N) is 2. The van der Waals surface area contributed by atoms with Gasteiger partial charge in [-0.1, -0.05) is 0 Å². The molecule has 2 aromatic heterocycles. The van der Waals surface area contributed by atoms with Crippen LogP contribution in [0.15, 0.2) is 5.38 Å².